The molecule has 3 N–H and O–H groups in total. The van der Waals surface area contributed by atoms with Gasteiger partial charge >= 0.3 is 0 Å². The molecule has 6 nitrogen and oxygen atoms in total. The van der Waals surface area contributed by atoms with E-state index in [9.17, 15) is 9.59 Å². The third-order valence-electron chi connectivity index (χ3n) is 4.21. The number of nitrogens with one attached hydrogen (secondary N) is 1. The maximum absolute atomic E-state index is 12.3. The summed E-state index contributed by atoms with van der Waals surface area (Å²) in [6, 6.07) is 10.3. The standard InChI is InChI=1S/C18H20ClN3O3.ClH/c19-15-4-2-1-3-12(15)10-22-11-13(5-8-17(22)23)21-18(24)16-7-6-14(9-20)25-16;/h1-5,8,11,14,16H,6-7,9-10,20H2,(H,21,24);1H/t14-,16+;/m1./s1. The fourth-order valence-electron chi connectivity index (χ4n) is 2.83. The van der Waals surface area contributed by atoms with Crippen LogP contribution in [0.2, 0.25) is 5.02 Å². The molecule has 26 heavy (non-hydrogen) atoms. The monoisotopic (exact) mass is 397 g/mol. The van der Waals surface area contributed by atoms with Gasteiger partial charge < -0.3 is 20.4 Å². The molecule has 2 heterocycles. The Balaban J connectivity index is 0.00000243. The van der Waals surface area contributed by atoms with Crippen LogP contribution in [0.1, 0.15) is 18.4 Å². The highest BCUT2D eigenvalue weighted by atomic mass is 35.5. The second-order valence-electron chi connectivity index (χ2n) is 6.02. The molecule has 0 aliphatic carbocycles. The predicted molar refractivity (Wildman–Crippen MR) is 104 cm³/mol. The highest BCUT2D eigenvalue weighted by molar-refractivity contribution is 6.31. The minimum Gasteiger partial charge on any atom is -0.364 e. The van der Waals surface area contributed by atoms with Crippen LogP contribution in [-0.2, 0) is 16.1 Å². The number of hydrogen-bond acceptors (Lipinski definition) is 4. The highest BCUT2D eigenvalue weighted by Gasteiger charge is 2.29. The van der Waals surface area contributed by atoms with Crippen LogP contribution < -0.4 is 16.6 Å². The summed E-state index contributed by atoms with van der Waals surface area (Å²) in [6.45, 7) is 0.740. The van der Waals surface area contributed by atoms with E-state index in [1.54, 1.807) is 18.3 Å². The van der Waals surface area contributed by atoms with Crippen molar-refractivity contribution in [3.8, 4) is 0 Å². The number of hydrogen-bond donors (Lipinski definition) is 2. The first-order valence-electron chi connectivity index (χ1n) is 8.17. The van der Waals surface area contributed by atoms with Gasteiger partial charge in [0.2, 0.25) is 0 Å². The van der Waals surface area contributed by atoms with Crippen molar-refractivity contribution >= 4 is 35.6 Å². The number of nitrogens with two attached hydrogens (primary N) is 1. The van der Waals surface area contributed by atoms with E-state index >= 15 is 0 Å². The number of halogens is 2. The molecule has 1 saturated heterocycles. The van der Waals surface area contributed by atoms with Crippen LogP contribution in [0.4, 0.5) is 5.69 Å². The van der Waals surface area contributed by atoms with Gasteiger partial charge in [-0.2, -0.15) is 0 Å². The minimum absolute atomic E-state index is 0. The maximum Gasteiger partial charge on any atom is 0.253 e. The third kappa shape index (κ3) is 4.86. The van der Waals surface area contributed by atoms with Gasteiger partial charge in [0, 0.05) is 23.8 Å². The first-order chi connectivity index (χ1) is 12.1. The minimum atomic E-state index is -0.502. The Bertz CT molecular complexity index is 825. The zero-order valence-electron chi connectivity index (χ0n) is 14.1. The number of rotatable bonds is 5. The van der Waals surface area contributed by atoms with Crippen LogP contribution in [0.5, 0.6) is 0 Å². The van der Waals surface area contributed by atoms with Crippen LogP contribution >= 0.6 is 24.0 Å². The zero-order valence-corrected chi connectivity index (χ0v) is 15.6. The molecule has 1 aromatic heterocycles. The normalized spacial score (nSPS) is 19.0. The van der Waals surface area contributed by atoms with Gasteiger partial charge in [0.15, 0.2) is 0 Å². The first-order valence-corrected chi connectivity index (χ1v) is 8.55. The number of pyridine rings is 1. The Kier molecular flexibility index (Phi) is 7.23. The van der Waals surface area contributed by atoms with Crippen molar-refractivity contribution in [3.63, 3.8) is 0 Å². The van der Waals surface area contributed by atoms with Gasteiger partial charge in [0.05, 0.1) is 18.3 Å². The summed E-state index contributed by atoms with van der Waals surface area (Å²) in [5.74, 6) is -0.223. The maximum atomic E-state index is 12.3. The van der Waals surface area contributed by atoms with E-state index < -0.39 is 6.10 Å². The first kappa shape index (κ1) is 20.5. The van der Waals surface area contributed by atoms with Crippen molar-refractivity contribution in [1.29, 1.82) is 0 Å². The molecule has 1 aromatic carbocycles. The lowest BCUT2D eigenvalue weighted by atomic mass is 10.2. The Morgan fingerprint density at radius 1 is 1.27 bits per heavy atom. The molecule has 0 saturated carbocycles. The third-order valence-corrected chi connectivity index (χ3v) is 4.58. The fourth-order valence-corrected chi connectivity index (χ4v) is 3.03. The summed E-state index contributed by atoms with van der Waals surface area (Å²) in [6.07, 6.45) is 2.47. The molecular formula is C18H21Cl2N3O3. The lowest BCUT2D eigenvalue weighted by Gasteiger charge is -2.14. The van der Waals surface area contributed by atoms with Gasteiger partial charge in [-0.1, -0.05) is 29.8 Å². The average Bonchev–Trinajstić information content (AvgIpc) is 3.09. The molecule has 0 radical (unpaired) electrons. The topological polar surface area (TPSA) is 86.4 Å². The summed E-state index contributed by atoms with van der Waals surface area (Å²) in [7, 11) is 0. The van der Waals surface area contributed by atoms with Crippen molar-refractivity contribution in [2.75, 3.05) is 11.9 Å². The SMILES string of the molecule is Cl.NC[C@H]1CC[C@@H](C(=O)Nc2ccc(=O)n(Cc3ccccc3Cl)c2)O1. The Hall–Kier alpha value is -1.86. The lowest BCUT2D eigenvalue weighted by molar-refractivity contribution is -0.126. The van der Waals surface area contributed by atoms with Crippen LogP contribution in [0.15, 0.2) is 47.4 Å². The van der Waals surface area contributed by atoms with E-state index in [4.69, 9.17) is 22.1 Å². The van der Waals surface area contributed by atoms with Gasteiger partial charge in [0.1, 0.15) is 6.10 Å². The number of benzene rings is 1. The molecule has 2 atom stereocenters. The van der Waals surface area contributed by atoms with Crippen molar-refractivity contribution < 1.29 is 9.53 Å². The molecule has 140 valence electrons. The van der Waals surface area contributed by atoms with Gasteiger partial charge in [-0.25, -0.2) is 0 Å². The number of amides is 1. The van der Waals surface area contributed by atoms with Crippen LogP contribution in [0, 0.1) is 0 Å². The van der Waals surface area contributed by atoms with E-state index in [0.717, 1.165) is 12.0 Å². The van der Waals surface area contributed by atoms with Crippen LogP contribution in [0.25, 0.3) is 0 Å². The average molecular weight is 398 g/mol. The Morgan fingerprint density at radius 3 is 2.73 bits per heavy atom. The molecule has 2 aromatic rings. The molecule has 1 aliphatic rings. The molecule has 0 unspecified atom stereocenters. The lowest BCUT2D eigenvalue weighted by Crippen LogP contribution is -2.30. The summed E-state index contributed by atoms with van der Waals surface area (Å²) in [5, 5.41) is 3.39. The highest BCUT2D eigenvalue weighted by Crippen LogP contribution is 2.20. The second kappa shape index (κ2) is 9.19. The Morgan fingerprint density at radius 2 is 2.04 bits per heavy atom. The van der Waals surface area contributed by atoms with Gasteiger partial charge in [0.25, 0.3) is 11.5 Å². The van der Waals surface area contributed by atoms with E-state index in [1.165, 1.54) is 10.6 Å². The van der Waals surface area contributed by atoms with Gasteiger partial charge in [-0.05, 0) is 30.5 Å². The van der Waals surface area contributed by atoms with Crippen LogP contribution in [0.3, 0.4) is 0 Å². The van der Waals surface area contributed by atoms with Gasteiger partial charge in [-0.15, -0.1) is 12.4 Å². The predicted octanol–water partition coefficient (Wildman–Crippen LogP) is 2.42. The zero-order chi connectivity index (χ0) is 17.8. The molecule has 0 spiro atoms. The number of carbonyl (C=O) groups is 1. The van der Waals surface area contributed by atoms with Crippen molar-refractivity contribution in [2.45, 2.75) is 31.6 Å². The van der Waals surface area contributed by atoms with E-state index in [2.05, 4.69) is 5.32 Å². The number of anilines is 1. The molecule has 0 bridgehead atoms. The summed E-state index contributed by atoms with van der Waals surface area (Å²) >= 11 is 6.15. The number of carbonyl (C=O) groups excluding carboxylic acids is 1. The molecule has 1 fully saturated rings. The number of ether oxygens (including phenoxy) is 1. The number of nitrogens with zero attached hydrogens (tertiary/aromatic N) is 1. The number of aromatic nitrogens is 1. The van der Waals surface area contributed by atoms with E-state index in [-0.39, 0.29) is 30.0 Å². The molecule has 1 amide bonds. The Labute approximate surface area is 162 Å². The summed E-state index contributed by atoms with van der Waals surface area (Å²) in [5.41, 5.74) is 6.77. The molecule has 8 heteroatoms. The van der Waals surface area contributed by atoms with Gasteiger partial charge in [-0.3, -0.25) is 9.59 Å². The van der Waals surface area contributed by atoms with E-state index in [0.29, 0.717) is 30.2 Å². The van der Waals surface area contributed by atoms with Crippen molar-refractivity contribution in [3.05, 3.63) is 63.5 Å². The van der Waals surface area contributed by atoms with Crippen molar-refractivity contribution in [1.82, 2.24) is 4.57 Å². The second-order valence-corrected chi connectivity index (χ2v) is 6.43. The van der Waals surface area contributed by atoms with E-state index in [1.807, 2.05) is 18.2 Å². The molecule has 1 aliphatic heterocycles. The summed E-state index contributed by atoms with van der Waals surface area (Å²) < 4.78 is 7.10. The fraction of sp³-hybridized carbons (Fsp3) is 0.333. The quantitative estimate of drug-likeness (QED) is 0.810. The largest absolute Gasteiger partial charge is 0.364 e. The van der Waals surface area contributed by atoms with Crippen molar-refractivity contribution in [2.24, 2.45) is 5.73 Å². The smallest absolute Gasteiger partial charge is 0.253 e. The molecular weight excluding hydrogens is 377 g/mol. The summed E-state index contributed by atoms with van der Waals surface area (Å²) in [4.78, 5) is 24.4. The van der Waals surface area contributed by atoms with Crippen LogP contribution in [-0.4, -0.2) is 29.2 Å². The molecule has 3 rings (SSSR count).